The van der Waals surface area contributed by atoms with Crippen molar-refractivity contribution in [3.05, 3.63) is 60.4 Å². The number of carbonyl (C=O) groups excluding carboxylic acids is 1. The van der Waals surface area contributed by atoms with Crippen LogP contribution in [0, 0.1) is 6.92 Å². The fourth-order valence-electron chi connectivity index (χ4n) is 2.39. The maximum absolute atomic E-state index is 12.0. The molecule has 23 heavy (non-hydrogen) atoms. The third-order valence-electron chi connectivity index (χ3n) is 3.49. The van der Waals surface area contributed by atoms with Crippen molar-refractivity contribution in [1.82, 2.24) is 9.97 Å². The zero-order chi connectivity index (χ0) is 16.1. The molecule has 0 aliphatic carbocycles. The Morgan fingerprint density at radius 1 is 1.09 bits per heavy atom. The lowest BCUT2D eigenvalue weighted by Gasteiger charge is -2.09. The van der Waals surface area contributed by atoms with Crippen LogP contribution in [0.3, 0.4) is 0 Å². The van der Waals surface area contributed by atoms with Crippen LogP contribution in [0.25, 0.3) is 10.9 Å². The molecule has 0 bridgehead atoms. The molecule has 0 saturated heterocycles. The summed E-state index contributed by atoms with van der Waals surface area (Å²) in [5.74, 6) is 0.723. The minimum absolute atomic E-state index is 0.0264. The van der Waals surface area contributed by atoms with E-state index in [2.05, 4.69) is 20.6 Å². The van der Waals surface area contributed by atoms with Crippen LogP contribution in [0.4, 0.5) is 11.5 Å². The molecule has 3 aromatic rings. The van der Waals surface area contributed by atoms with Gasteiger partial charge in [0.1, 0.15) is 12.1 Å². The number of anilines is 2. The summed E-state index contributed by atoms with van der Waals surface area (Å²) in [6.45, 7) is 2.51. The average molecular weight is 306 g/mol. The van der Waals surface area contributed by atoms with Crippen molar-refractivity contribution >= 4 is 28.3 Å². The van der Waals surface area contributed by atoms with E-state index < -0.39 is 0 Å². The van der Waals surface area contributed by atoms with Crippen LogP contribution >= 0.6 is 0 Å². The number of benzene rings is 2. The normalized spacial score (nSPS) is 10.5. The molecular formula is C18H18N4O. The third-order valence-corrected chi connectivity index (χ3v) is 3.49. The number of amides is 1. The number of hydrogen-bond donors (Lipinski definition) is 2. The first kappa shape index (κ1) is 15.0. The number of aryl methyl sites for hydroxylation is 1. The molecule has 1 aromatic heterocycles. The van der Waals surface area contributed by atoms with Gasteiger partial charge < -0.3 is 10.6 Å². The molecule has 0 saturated carbocycles. The number of nitrogens with one attached hydrogen (secondary N) is 2. The lowest BCUT2D eigenvalue weighted by atomic mass is 10.2. The summed E-state index contributed by atoms with van der Waals surface area (Å²) in [6, 6.07) is 15.5. The van der Waals surface area contributed by atoms with E-state index in [4.69, 9.17) is 0 Å². The average Bonchev–Trinajstić information content (AvgIpc) is 2.55. The highest BCUT2D eigenvalue weighted by Gasteiger charge is 2.05. The van der Waals surface area contributed by atoms with Gasteiger partial charge in [0.15, 0.2) is 0 Å². The van der Waals surface area contributed by atoms with Crippen molar-refractivity contribution in [1.29, 1.82) is 0 Å². The first-order valence-electron chi connectivity index (χ1n) is 7.52. The Balaban J connectivity index is 1.57. The molecule has 0 aliphatic rings. The van der Waals surface area contributed by atoms with Crippen LogP contribution in [0.5, 0.6) is 0 Å². The number of para-hydroxylation sites is 1. The van der Waals surface area contributed by atoms with Gasteiger partial charge in [0.05, 0.1) is 5.52 Å². The SMILES string of the molecule is Cc1cccc(NC(=O)CCNc2ncnc3ccccc23)c1. The van der Waals surface area contributed by atoms with Crippen molar-refractivity contribution in [3.8, 4) is 0 Å². The molecule has 5 heteroatoms. The fraction of sp³-hybridized carbons (Fsp3) is 0.167. The second kappa shape index (κ2) is 6.87. The molecule has 5 nitrogen and oxygen atoms in total. The summed E-state index contributed by atoms with van der Waals surface area (Å²) < 4.78 is 0. The second-order valence-corrected chi connectivity index (χ2v) is 5.33. The van der Waals surface area contributed by atoms with Crippen molar-refractivity contribution in [2.75, 3.05) is 17.2 Å². The van der Waals surface area contributed by atoms with Gasteiger partial charge in [0.25, 0.3) is 0 Å². The molecule has 0 atom stereocenters. The Hall–Kier alpha value is -2.95. The van der Waals surface area contributed by atoms with Crippen LogP contribution < -0.4 is 10.6 Å². The number of nitrogens with zero attached hydrogens (tertiary/aromatic N) is 2. The highest BCUT2D eigenvalue weighted by atomic mass is 16.1. The van der Waals surface area contributed by atoms with Crippen molar-refractivity contribution in [3.63, 3.8) is 0 Å². The lowest BCUT2D eigenvalue weighted by molar-refractivity contribution is -0.115. The third kappa shape index (κ3) is 3.83. The van der Waals surface area contributed by atoms with E-state index in [1.54, 1.807) is 0 Å². The van der Waals surface area contributed by atoms with E-state index in [0.717, 1.165) is 28.0 Å². The van der Waals surface area contributed by atoms with Gasteiger partial charge in [-0.2, -0.15) is 0 Å². The standard InChI is InChI=1S/C18H18N4O/c1-13-5-4-6-14(11-13)22-17(23)9-10-19-18-15-7-2-3-8-16(15)20-12-21-18/h2-8,11-12H,9-10H2,1H3,(H,22,23)(H,19,20,21). The highest BCUT2D eigenvalue weighted by molar-refractivity contribution is 5.92. The molecule has 0 aliphatic heterocycles. The Kier molecular flexibility index (Phi) is 4.47. The highest BCUT2D eigenvalue weighted by Crippen LogP contribution is 2.18. The summed E-state index contributed by atoms with van der Waals surface area (Å²) in [5.41, 5.74) is 2.82. The maximum atomic E-state index is 12.0. The largest absolute Gasteiger partial charge is 0.369 e. The zero-order valence-corrected chi connectivity index (χ0v) is 12.9. The van der Waals surface area contributed by atoms with Crippen LogP contribution in [-0.2, 0) is 4.79 Å². The van der Waals surface area contributed by atoms with Gasteiger partial charge in [-0.05, 0) is 36.8 Å². The molecule has 116 valence electrons. The summed E-state index contributed by atoms with van der Waals surface area (Å²) >= 11 is 0. The number of hydrogen-bond acceptors (Lipinski definition) is 4. The molecule has 2 N–H and O–H groups in total. The summed E-state index contributed by atoms with van der Waals surface area (Å²) in [7, 11) is 0. The predicted octanol–water partition coefficient (Wildman–Crippen LogP) is 3.38. The van der Waals surface area contributed by atoms with E-state index in [1.165, 1.54) is 6.33 Å². The Labute approximate surface area is 134 Å². The van der Waals surface area contributed by atoms with Gasteiger partial charge in [-0.25, -0.2) is 9.97 Å². The number of aromatic nitrogens is 2. The Bertz CT molecular complexity index is 827. The molecule has 0 radical (unpaired) electrons. The van der Waals surface area contributed by atoms with Gasteiger partial charge in [0, 0.05) is 24.0 Å². The second-order valence-electron chi connectivity index (χ2n) is 5.33. The number of carbonyl (C=O) groups is 1. The molecule has 0 spiro atoms. The van der Waals surface area contributed by atoms with E-state index >= 15 is 0 Å². The summed E-state index contributed by atoms with van der Waals surface area (Å²) in [6.07, 6.45) is 1.89. The van der Waals surface area contributed by atoms with E-state index in [0.29, 0.717) is 13.0 Å². The molecule has 3 rings (SSSR count). The van der Waals surface area contributed by atoms with Gasteiger partial charge in [0.2, 0.25) is 5.91 Å². The minimum atomic E-state index is -0.0264. The van der Waals surface area contributed by atoms with Gasteiger partial charge >= 0.3 is 0 Å². The zero-order valence-electron chi connectivity index (χ0n) is 12.9. The smallest absolute Gasteiger partial charge is 0.226 e. The van der Waals surface area contributed by atoms with Crippen molar-refractivity contribution in [2.24, 2.45) is 0 Å². The van der Waals surface area contributed by atoms with Crippen LogP contribution in [-0.4, -0.2) is 22.4 Å². The van der Waals surface area contributed by atoms with E-state index in [9.17, 15) is 4.79 Å². The quantitative estimate of drug-likeness (QED) is 0.758. The summed E-state index contributed by atoms with van der Waals surface area (Å²) in [4.78, 5) is 20.5. The van der Waals surface area contributed by atoms with Crippen LogP contribution in [0.1, 0.15) is 12.0 Å². The molecule has 1 amide bonds. The van der Waals surface area contributed by atoms with Gasteiger partial charge in [-0.3, -0.25) is 4.79 Å². The molecule has 0 unspecified atom stereocenters. The predicted molar refractivity (Wildman–Crippen MR) is 92.5 cm³/mol. The number of fused-ring (bicyclic) bond motifs is 1. The molecule has 1 heterocycles. The Morgan fingerprint density at radius 2 is 1.96 bits per heavy atom. The maximum Gasteiger partial charge on any atom is 0.226 e. The first-order valence-corrected chi connectivity index (χ1v) is 7.52. The number of rotatable bonds is 5. The van der Waals surface area contributed by atoms with Crippen molar-refractivity contribution in [2.45, 2.75) is 13.3 Å². The monoisotopic (exact) mass is 306 g/mol. The Morgan fingerprint density at radius 3 is 2.83 bits per heavy atom. The lowest BCUT2D eigenvalue weighted by Crippen LogP contribution is -2.16. The fourth-order valence-corrected chi connectivity index (χ4v) is 2.39. The summed E-state index contributed by atoms with van der Waals surface area (Å²) in [5, 5.41) is 7.05. The molecule has 0 fully saturated rings. The topological polar surface area (TPSA) is 66.9 Å². The van der Waals surface area contributed by atoms with Gasteiger partial charge in [-0.15, -0.1) is 0 Å². The van der Waals surface area contributed by atoms with Crippen LogP contribution in [0.2, 0.25) is 0 Å². The molecular weight excluding hydrogens is 288 g/mol. The van der Waals surface area contributed by atoms with Crippen molar-refractivity contribution < 1.29 is 4.79 Å². The van der Waals surface area contributed by atoms with Crippen LogP contribution in [0.15, 0.2) is 54.9 Å². The van der Waals surface area contributed by atoms with Gasteiger partial charge in [-0.1, -0.05) is 24.3 Å². The first-order chi connectivity index (χ1) is 11.2. The van der Waals surface area contributed by atoms with E-state index in [-0.39, 0.29) is 5.91 Å². The minimum Gasteiger partial charge on any atom is -0.369 e. The molecule has 2 aromatic carbocycles. The van der Waals surface area contributed by atoms with E-state index in [1.807, 2.05) is 55.5 Å².